The molecular weight excluding hydrogens is 324 g/mol. The molecule has 25 heavy (non-hydrogen) atoms. The van der Waals surface area contributed by atoms with Gasteiger partial charge in [-0.15, -0.1) is 0 Å². The summed E-state index contributed by atoms with van der Waals surface area (Å²) < 4.78 is 10.1. The first-order chi connectivity index (χ1) is 12.1. The van der Waals surface area contributed by atoms with Gasteiger partial charge in [-0.1, -0.05) is 12.1 Å². The Hall–Kier alpha value is -2.57. The average Bonchev–Trinajstić information content (AvgIpc) is 2.66. The highest BCUT2D eigenvalue weighted by molar-refractivity contribution is 5.96. The summed E-state index contributed by atoms with van der Waals surface area (Å²) in [5.41, 5.74) is 1.04. The van der Waals surface area contributed by atoms with Crippen molar-refractivity contribution >= 4 is 23.5 Å². The smallest absolute Gasteiger partial charge is 0.340 e. The Balaban J connectivity index is 1.81. The van der Waals surface area contributed by atoms with Gasteiger partial charge in [-0.25, -0.2) is 4.79 Å². The Morgan fingerprint density at radius 3 is 2.48 bits per heavy atom. The first-order valence-electron chi connectivity index (χ1n) is 8.45. The molecule has 7 heteroatoms. The topological polar surface area (TPSA) is 84.9 Å². The molecule has 1 aliphatic rings. The molecule has 1 N–H and O–H groups in total. The largest absolute Gasteiger partial charge is 0.466 e. The number of benzene rings is 1. The molecule has 2 rings (SSSR count). The maximum Gasteiger partial charge on any atom is 0.340 e. The lowest BCUT2D eigenvalue weighted by atomic mass is 9.97. The first kappa shape index (κ1) is 18.8. The predicted octanol–water partition coefficient (Wildman–Crippen LogP) is 1.69. The third-order valence-corrected chi connectivity index (χ3v) is 4.21. The second-order valence-electron chi connectivity index (χ2n) is 5.78. The molecule has 0 bridgehead atoms. The molecule has 0 aromatic heterocycles. The molecule has 0 spiro atoms. The minimum atomic E-state index is -0.542. The highest BCUT2D eigenvalue weighted by Crippen LogP contribution is 2.19. The van der Waals surface area contributed by atoms with Crippen molar-refractivity contribution in [3.05, 3.63) is 29.8 Å². The molecule has 1 aromatic carbocycles. The number of carbonyl (C=O) groups is 3. The van der Waals surface area contributed by atoms with Crippen molar-refractivity contribution < 1.29 is 23.9 Å². The zero-order chi connectivity index (χ0) is 18.2. The summed E-state index contributed by atoms with van der Waals surface area (Å²) in [6.07, 6.45) is 1.14. The van der Waals surface area contributed by atoms with E-state index in [-0.39, 0.29) is 24.4 Å². The standard InChI is InChI=1S/C18H24N2O5/c1-3-24-17(22)13-8-10-20(11-9-13)16(21)12-25-18(23)14-6-4-5-7-15(14)19-2/h4-7,13,19H,3,8-12H2,1-2H3. The number of carbonyl (C=O) groups excluding carboxylic acids is 3. The van der Waals surface area contributed by atoms with Crippen LogP contribution in [0.15, 0.2) is 24.3 Å². The van der Waals surface area contributed by atoms with Crippen LogP contribution in [0.3, 0.4) is 0 Å². The summed E-state index contributed by atoms with van der Waals surface area (Å²) in [5.74, 6) is -1.16. The zero-order valence-electron chi connectivity index (χ0n) is 14.6. The highest BCUT2D eigenvalue weighted by Gasteiger charge is 2.28. The number of ether oxygens (including phenoxy) is 2. The molecule has 0 saturated carbocycles. The number of nitrogens with zero attached hydrogens (tertiary/aromatic N) is 1. The van der Waals surface area contributed by atoms with Crippen LogP contribution in [0.4, 0.5) is 5.69 Å². The van der Waals surface area contributed by atoms with Gasteiger partial charge < -0.3 is 19.7 Å². The van der Waals surface area contributed by atoms with Crippen LogP contribution in [0.5, 0.6) is 0 Å². The molecule has 1 aromatic rings. The predicted molar refractivity (Wildman–Crippen MR) is 92.2 cm³/mol. The van der Waals surface area contributed by atoms with Crippen LogP contribution in [-0.4, -0.2) is 56.1 Å². The van der Waals surface area contributed by atoms with Crippen LogP contribution < -0.4 is 5.32 Å². The monoisotopic (exact) mass is 348 g/mol. The van der Waals surface area contributed by atoms with Gasteiger partial charge in [-0.3, -0.25) is 9.59 Å². The van der Waals surface area contributed by atoms with E-state index in [9.17, 15) is 14.4 Å². The number of esters is 2. The minimum Gasteiger partial charge on any atom is -0.466 e. The summed E-state index contributed by atoms with van der Waals surface area (Å²) >= 11 is 0. The van der Waals surface area contributed by atoms with Crippen molar-refractivity contribution in [3.8, 4) is 0 Å². The van der Waals surface area contributed by atoms with Gasteiger partial charge >= 0.3 is 11.9 Å². The van der Waals surface area contributed by atoms with E-state index in [0.29, 0.717) is 43.8 Å². The number of nitrogens with one attached hydrogen (secondary N) is 1. The third kappa shape index (κ3) is 4.95. The number of amides is 1. The summed E-state index contributed by atoms with van der Waals surface area (Å²) in [4.78, 5) is 37.7. The number of likely N-dealkylation sites (tertiary alicyclic amines) is 1. The average molecular weight is 348 g/mol. The highest BCUT2D eigenvalue weighted by atomic mass is 16.5. The number of hydrogen-bond donors (Lipinski definition) is 1. The van der Waals surface area contributed by atoms with E-state index in [0.717, 1.165) is 0 Å². The summed E-state index contributed by atoms with van der Waals surface area (Å²) in [6.45, 7) is 2.76. The fourth-order valence-corrected chi connectivity index (χ4v) is 2.80. The van der Waals surface area contributed by atoms with E-state index in [1.165, 1.54) is 0 Å². The third-order valence-electron chi connectivity index (χ3n) is 4.21. The van der Waals surface area contributed by atoms with Gasteiger partial charge in [-0.2, -0.15) is 0 Å². The number of hydrogen-bond acceptors (Lipinski definition) is 6. The lowest BCUT2D eigenvalue weighted by molar-refractivity contribution is -0.151. The first-order valence-corrected chi connectivity index (χ1v) is 8.45. The Bertz CT molecular complexity index is 624. The zero-order valence-corrected chi connectivity index (χ0v) is 14.6. The summed E-state index contributed by atoms with van der Waals surface area (Å²) in [7, 11) is 1.71. The number of rotatable bonds is 6. The van der Waals surface area contributed by atoms with Crippen LogP contribution in [0, 0.1) is 5.92 Å². The molecule has 7 nitrogen and oxygen atoms in total. The van der Waals surface area contributed by atoms with Crippen LogP contribution in [0.25, 0.3) is 0 Å². The van der Waals surface area contributed by atoms with Gasteiger partial charge in [-0.05, 0) is 31.9 Å². The van der Waals surface area contributed by atoms with Crippen molar-refractivity contribution in [3.63, 3.8) is 0 Å². The fourth-order valence-electron chi connectivity index (χ4n) is 2.80. The fraction of sp³-hybridized carbons (Fsp3) is 0.500. The number of para-hydroxylation sites is 1. The van der Waals surface area contributed by atoms with Gasteiger partial charge in [0.2, 0.25) is 0 Å². The number of anilines is 1. The van der Waals surface area contributed by atoms with Crippen molar-refractivity contribution in [2.75, 3.05) is 38.7 Å². The van der Waals surface area contributed by atoms with Gasteiger partial charge in [0.25, 0.3) is 5.91 Å². The quantitative estimate of drug-likeness (QED) is 0.788. The SMILES string of the molecule is CCOC(=O)C1CCN(C(=O)COC(=O)c2ccccc2NC)CC1. The van der Waals surface area contributed by atoms with E-state index in [1.54, 1.807) is 37.1 Å². The minimum absolute atomic E-state index is 0.158. The molecule has 1 aliphatic heterocycles. The number of piperidine rings is 1. The van der Waals surface area contributed by atoms with Crippen LogP contribution >= 0.6 is 0 Å². The molecule has 0 atom stereocenters. The summed E-state index contributed by atoms with van der Waals surface area (Å²) in [6, 6.07) is 6.95. The van der Waals surface area contributed by atoms with Gasteiger partial charge in [0.15, 0.2) is 6.61 Å². The molecule has 1 saturated heterocycles. The van der Waals surface area contributed by atoms with E-state index < -0.39 is 5.97 Å². The van der Waals surface area contributed by atoms with Crippen LogP contribution in [0.2, 0.25) is 0 Å². The Morgan fingerprint density at radius 1 is 1.16 bits per heavy atom. The van der Waals surface area contributed by atoms with E-state index in [4.69, 9.17) is 9.47 Å². The summed E-state index contributed by atoms with van der Waals surface area (Å²) in [5, 5.41) is 2.91. The van der Waals surface area contributed by atoms with Crippen LogP contribution in [0.1, 0.15) is 30.1 Å². The maximum atomic E-state index is 12.2. The van der Waals surface area contributed by atoms with E-state index >= 15 is 0 Å². The van der Waals surface area contributed by atoms with Crippen molar-refractivity contribution in [1.82, 2.24) is 4.90 Å². The molecular formula is C18H24N2O5. The van der Waals surface area contributed by atoms with Gasteiger partial charge in [0, 0.05) is 25.8 Å². The maximum absolute atomic E-state index is 12.2. The Labute approximate surface area is 147 Å². The van der Waals surface area contributed by atoms with E-state index in [1.807, 2.05) is 6.07 Å². The molecule has 1 heterocycles. The van der Waals surface area contributed by atoms with Crippen molar-refractivity contribution in [1.29, 1.82) is 0 Å². The molecule has 1 amide bonds. The van der Waals surface area contributed by atoms with Gasteiger partial charge in [0.05, 0.1) is 18.1 Å². The van der Waals surface area contributed by atoms with Gasteiger partial charge in [0.1, 0.15) is 0 Å². The second-order valence-corrected chi connectivity index (χ2v) is 5.78. The molecule has 1 fully saturated rings. The molecule has 0 unspecified atom stereocenters. The lowest BCUT2D eigenvalue weighted by Crippen LogP contribution is -2.42. The second kappa shape index (κ2) is 9.05. The Kier molecular flexibility index (Phi) is 6.80. The normalized spacial score (nSPS) is 14.7. The lowest BCUT2D eigenvalue weighted by Gasteiger charge is -2.30. The van der Waals surface area contributed by atoms with Crippen LogP contribution in [-0.2, 0) is 19.1 Å². The van der Waals surface area contributed by atoms with Crippen molar-refractivity contribution in [2.24, 2.45) is 5.92 Å². The molecule has 0 radical (unpaired) electrons. The molecule has 0 aliphatic carbocycles. The van der Waals surface area contributed by atoms with E-state index in [2.05, 4.69) is 5.32 Å². The molecule has 136 valence electrons. The Morgan fingerprint density at radius 2 is 1.84 bits per heavy atom. The van der Waals surface area contributed by atoms with Crippen molar-refractivity contribution in [2.45, 2.75) is 19.8 Å².